The van der Waals surface area contributed by atoms with E-state index >= 15 is 0 Å². The topological polar surface area (TPSA) is 39.9 Å². The van der Waals surface area contributed by atoms with Gasteiger partial charge < -0.3 is 4.74 Å². The van der Waals surface area contributed by atoms with Crippen molar-refractivity contribution in [2.45, 2.75) is 19.6 Å². The zero-order chi connectivity index (χ0) is 16.6. The van der Waals surface area contributed by atoms with Crippen LogP contribution in [0.4, 0.5) is 8.78 Å². The summed E-state index contributed by atoms with van der Waals surface area (Å²) in [5.74, 6) is -0.0156. The van der Waals surface area contributed by atoms with Gasteiger partial charge in [0.15, 0.2) is 11.3 Å². The van der Waals surface area contributed by atoms with Gasteiger partial charge in [-0.1, -0.05) is 40.5 Å². The number of aromatic nitrogens is 3. The van der Waals surface area contributed by atoms with E-state index in [0.29, 0.717) is 15.6 Å². The van der Waals surface area contributed by atoms with Crippen molar-refractivity contribution in [2.24, 2.45) is 0 Å². The van der Waals surface area contributed by atoms with Crippen molar-refractivity contribution in [1.82, 2.24) is 15.0 Å². The summed E-state index contributed by atoms with van der Waals surface area (Å²) in [5.41, 5.74) is 1.63. The lowest BCUT2D eigenvalue weighted by molar-refractivity contribution is -0.0489. The molecule has 1 heterocycles. The van der Waals surface area contributed by atoms with Crippen molar-refractivity contribution in [3.63, 3.8) is 0 Å². The van der Waals surface area contributed by atoms with Crippen LogP contribution in [-0.4, -0.2) is 21.6 Å². The molecule has 3 rings (SSSR count). The van der Waals surface area contributed by atoms with Crippen molar-refractivity contribution < 1.29 is 13.5 Å². The van der Waals surface area contributed by atoms with Crippen molar-refractivity contribution in [3.05, 3.63) is 52.0 Å². The number of hydrogen-bond acceptors (Lipinski definition) is 3. The van der Waals surface area contributed by atoms with Gasteiger partial charge in [0.05, 0.1) is 11.6 Å². The Balaban J connectivity index is 2.06. The zero-order valence-electron chi connectivity index (χ0n) is 11.9. The second-order valence-corrected chi connectivity index (χ2v) is 5.72. The van der Waals surface area contributed by atoms with E-state index in [2.05, 4.69) is 15.0 Å². The van der Waals surface area contributed by atoms with E-state index in [1.54, 1.807) is 35.0 Å². The molecule has 1 aromatic heterocycles. The fraction of sp³-hybridized carbons (Fsp3) is 0.200. The predicted octanol–water partition coefficient (Wildman–Crippen LogP) is 4.95. The number of alkyl halides is 2. The standard InChI is InChI=1S/C15H11Cl2F2N3O/c1-8(10-6-5-9(16)7-11(10)17)22-12-3-2-4-13(23-15(18)19)14(12)20-21-22/h2-8,15H,1H3/t8-/m1/s1. The molecule has 0 fully saturated rings. The van der Waals surface area contributed by atoms with E-state index in [1.165, 1.54) is 6.07 Å². The zero-order valence-corrected chi connectivity index (χ0v) is 13.4. The minimum absolute atomic E-state index is 0.0156. The maximum atomic E-state index is 12.5. The molecule has 23 heavy (non-hydrogen) atoms. The fourth-order valence-corrected chi connectivity index (χ4v) is 2.95. The van der Waals surface area contributed by atoms with E-state index in [9.17, 15) is 8.78 Å². The highest BCUT2D eigenvalue weighted by Crippen LogP contribution is 2.32. The van der Waals surface area contributed by atoms with Gasteiger partial charge in [-0.15, -0.1) is 5.10 Å². The van der Waals surface area contributed by atoms with Gasteiger partial charge in [0.2, 0.25) is 0 Å². The van der Waals surface area contributed by atoms with E-state index in [4.69, 9.17) is 23.2 Å². The predicted molar refractivity (Wildman–Crippen MR) is 84.4 cm³/mol. The van der Waals surface area contributed by atoms with Gasteiger partial charge in [-0.3, -0.25) is 0 Å². The average Bonchev–Trinajstić information content (AvgIpc) is 2.91. The Hall–Kier alpha value is -1.92. The molecule has 120 valence electrons. The first-order valence-electron chi connectivity index (χ1n) is 6.71. The van der Waals surface area contributed by atoms with E-state index in [1.807, 2.05) is 6.92 Å². The highest BCUT2D eigenvalue weighted by atomic mass is 35.5. The third-order valence-electron chi connectivity index (χ3n) is 3.46. The van der Waals surface area contributed by atoms with Crippen LogP contribution in [0, 0.1) is 0 Å². The maximum Gasteiger partial charge on any atom is 0.387 e. The van der Waals surface area contributed by atoms with Gasteiger partial charge in [-0.05, 0) is 36.8 Å². The lowest BCUT2D eigenvalue weighted by Gasteiger charge is -2.15. The molecule has 0 aliphatic carbocycles. The first-order chi connectivity index (χ1) is 11.0. The minimum Gasteiger partial charge on any atom is -0.432 e. The summed E-state index contributed by atoms with van der Waals surface area (Å²) in [5, 5.41) is 9.03. The number of benzene rings is 2. The molecule has 3 aromatic rings. The Morgan fingerprint density at radius 1 is 1.17 bits per heavy atom. The SMILES string of the molecule is C[C@H](c1ccc(Cl)cc1Cl)n1nnc2c(OC(F)F)cccc21. The monoisotopic (exact) mass is 357 g/mol. The smallest absolute Gasteiger partial charge is 0.387 e. The Bertz CT molecular complexity index is 854. The van der Waals surface area contributed by atoms with Gasteiger partial charge in [0, 0.05) is 10.0 Å². The third-order valence-corrected chi connectivity index (χ3v) is 4.02. The molecule has 0 spiro atoms. The molecule has 0 amide bonds. The number of hydrogen-bond donors (Lipinski definition) is 0. The lowest BCUT2D eigenvalue weighted by atomic mass is 10.1. The highest BCUT2D eigenvalue weighted by molar-refractivity contribution is 6.35. The fourth-order valence-electron chi connectivity index (χ4n) is 2.39. The molecule has 4 nitrogen and oxygen atoms in total. The summed E-state index contributed by atoms with van der Waals surface area (Å²) in [6.07, 6.45) is 0. The summed E-state index contributed by atoms with van der Waals surface area (Å²) in [6, 6.07) is 9.66. The van der Waals surface area contributed by atoms with Crippen LogP contribution >= 0.6 is 23.2 Å². The van der Waals surface area contributed by atoms with Crippen LogP contribution in [-0.2, 0) is 0 Å². The van der Waals surface area contributed by atoms with Crippen LogP contribution in [0.15, 0.2) is 36.4 Å². The van der Waals surface area contributed by atoms with Crippen molar-refractivity contribution >= 4 is 34.2 Å². The van der Waals surface area contributed by atoms with Crippen LogP contribution in [0.2, 0.25) is 10.0 Å². The molecule has 0 aliphatic heterocycles. The summed E-state index contributed by atoms with van der Waals surface area (Å²) in [4.78, 5) is 0. The highest BCUT2D eigenvalue weighted by Gasteiger charge is 2.19. The normalized spacial score (nSPS) is 12.8. The Morgan fingerprint density at radius 2 is 1.96 bits per heavy atom. The van der Waals surface area contributed by atoms with Gasteiger partial charge in [-0.2, -0.15) is 8.78 Å². The number of halogens is 4. The number of nitrogens with zero attached hydrogens (tertiary/aromatic N) is 3. The van der Waals surface area contributed by atoms with Gasteiger partial charge >= 0.3 is 6.61 Å². The molecule has 0 N–H and O–H groups in total. The molecule has 0 saturated carbocycles. The van der Waals surface area contributed by atoms with E-state index in [-0.39, 0.29) is 17.3 Å². The van der Waals surface area contributed by atoms with E-state index in [0.717, 1.165) is 5.56 Å². The van der Waals surface area contributed by atoms with Crippen LogP contribution in [0.3, 0.4) is 0 Å². The van der Waals surface area contributed by atoms with Crippen LogP contribution in [0.5, 0.6) is 5.75 Å². The van der Waals surface area contributed by atoms with Crippen molar-refractivity contribution in [3.8, 4) is 5.75 Å². The summed E-state index contributed by atoms with van der Waals surface area (Å²) in [6.45, 7) is -1.04. The average molecular weight is 358 g/mol. The second kappa shape index (κ2) is 6.29. The molecule has 8 heteroatoms. The summed E-state index contributed by atoms with van der Waals surface area (Å²) in [7, 11) is 0. The Labute approximate surface area is 140 Å². The molecule has 0 radical (unpaired) electrons. The summed E-state index contributed by atoms with van der Waals surface area (Å²) >= 11 is 12.1. The van der Waals surface area contributed by atoms with E-state index < -0.39 is 6.61 Å². The molecule has 0 bridgehead atoms. The van der Waals surface area contributed by atoms with Crippen LogP contribution in [0.25, 0.3) is 11.0 Å². The number of rotatable bonds is 4. The van der Waals surface area contributed by atoms with Crippen molar-refractivity contribution in [2.75, 3.05) is 0 Å². The van der Waals surface area contributed by atoms with Gasteiger partial charge in [0.1, 0.15) is 0 Å². The van der Waals surface area contributed by atoms with Gasteiger partial charge in [-0.25, -0.2) is 4.68 Å². The molecular weight excluding hydrogens is 347 g/mol. The maximum absolute atomic E-state index is 12.5. The quantitative estimate of drug-likeness (QED) is 0.663. The third kappa shape index (κ3) is 3.09. The lowest BCUT2D eigenvalue weighted by Crippen LogP contribution is -2.09. The van der Waals surface area contributed by atoms with Crippen molar-refractivity contribution in [1.29, 1.82) is 0 Å². The largest absolute Gasteiger partial charge is 0.432 e. The van der Waals surface area contributed by atoms with Crippen LogP contribution < -0.4 is 4.74 Å². The molecule has 1 atom stereocenters. The first kappa shape index (κ1) is 16.0. The Kier molecular flexibility index (Phi) is 4.37. The Morgan fingerprint density at radius 3 is 2.65 bits per heavy atom. The second-order valence-electron chi connectivity index (χ2n) is 4.88. The summed E-state index contributed by atoms with van der Waals surface area (Å²) < 4.78 is 31.0. The number of ether oxygens (including phenoxy) is 1. The molecule has 2 aromatic carbocycles. The van der Waals surface area contributed by atoms with Crippen LogP contribution in [0.1, 0.15) is 18.5 Å². The van der Waals surface area contributed by atoms with Gasteiger partial charge in [0.25, 0.3) is 0 Å². The first-order valence-corrected chi connectivity index (χ1v) is 7.46. The number of fused-ring (bicyclic) bond motifs is 1. The molecule has 0 unspecified atom stereocenters. The molecule has 0 aliphatic rings. The minimum atomic E-state index is -2.92. The molecule has 0 saturated heterocycles. The molecular formula is C15H11Cl2F2N3O.